The summed E-state index contributed by atoms with van der Waals surface area (Å²) in [7, 11) is 0. The molecule has 1 aliphatic heterocycles. The zero-order valence-electron chi connectivity index (χ0n) is 8.38. The molecule has 14 heavy (non-hydrogen) atoms. The van der Waals surface area contributed by atoms with Crippen LogP contribution in [0.5, 0.6) is 0 Å². The highest BCUT2D eigenvalue weighted by molar-refractivity contribution is 5.96. The molecule has 4 nitrogen and oxygen atoms in total. The number of carbonyl (C=O) groups is 2. The molecule has 0 bridgehead atoms. The molecule has 0 aromatic carbocycles. The van der Waals surface area contributed by atoms with Crippen molar-refractivity contribution < 1.29 is 9.59 Å². The van der Waals surface area contributed by atoms with Crippen LogP contribution in [0.2, 0.25) is 0 Å². The van der Waals surface area contributed by atoms with Crippen LogP contribution >= 0.6 is 0 Å². The van der Waals surface area contributed by atoms with Crippen molar-refractivity contribution in [3.05, 3.63) is 0 Å². The van der Waals surface area contributed by atoms with Gasteiger partial charge in [0.2, 0.25) is 11.8 Å². The molecule has 1 saturated heterocycles. The average Bonchev–Trinajstić information content (AvgIpc) is 2.64. The highest BCUT2D eigenvalue weighted by atomic mass is 16.2. The number of carbonyl (C=O) groups excluding carboxylic acids is 2. The summed E-state index contributed by atoms with van der Waals surface area (Å²) in [6.45, 7) is 1.71. The van der Waals surface area contributed by atoms with Gasteiger partial charge < -0.3 is 10.6 Å². The third-order valence-corrected chi connectivity index (χ3v) is 3.20. The summed E-state index contributed by atoms with van der Waals surface area (Å²) in [6.07, 6.45) is 4.49. The van der Waals surface area contributed by atoms with Crippen molar-refractivity contribution in [2.75, 3.05) is 0 Å². The van der Waals surface area contributed by atoms with E-state index in [-0.39, 0.29) is 23.9 Å². The van der Waals surface area contributed by atoms with Crippen LogP contribution in [0.3, 0.4) is 0 Å². The monoisotopic (exact) mass is 196 g/mol. The zero-order valence-corrected chi connectivity index (χ0v) is 8.38. The maximum absolute atomic E-state index is 11.6. The zero-order chi connectivity index (χ0) is 10.1. The van der Waals surface area contributed by atoms with E-state index < -0.39 is 0 Å². The van der Waals surface area contributed by atoms with Crippen LogP contribution < -0.4 is 10.6 Å². The number of hydrogen-bond donors (Lipinski definition) is 2. The minimum absolute atomic E-state index is 0.0102. The fraction of sp³-hybridized carbons (Fsp3) is 0.800. The Morgan fingerprint density at radius 2 is 1.71 bits per heavy atom. The lowest BCUT2D eigenvalue weighted by Crippen LogP contribution is -2.62. The van der Waals surface area contributed by atoms with Gasteiger partial charge in [0.05, 0.1) is 0 Å². The van der Waals surface area contributed by atoms with Gasteiger partial charge in [-0.1, -0.05) is 12.8 Å². The van der Waals surface area contributed by atoms with E-state index in [9.17, 15) is 9.59 Å². The standard InChI is InChI=1S/C10H16N2O2/c1-6-9(13)12-8(10(14)11-6)7-4-2-3-5-7/h6-8H,2-5H2,1H3,(H,11,14)(H,12,13)/t6-,8?/m1/s1. The summed E-state index contributed by atoms with van der Waals surface area (Å²) in [5.41, 5.74) is 0. The predicted molar refractivity (Wildman–Crippen MR) is 51.5 cm³/mol. The molecule has 78 valence electrons. The molecular formula is C10H16N2O2. The topological polar surface area (TPSA) is 58.2 Å². The minimum atomic E-state index is -0.375. The Kier molecular flexibility index (Phi) is 2.44. The lowest BCUT2D eigenvalue weighted by atomic mass is 9.95. The molecule has 2 aliphatic rings. The highest BCUT2D eigenvalue weighted by Gasteiger charge is 2.37. The van der Waals surface area contributed by atoms with E-state index in [0.717, 1.165) is 12.8 Å². The summed E-state index contributed by atoms with van der Waals surface area (Å²) in [5.74, 6) is 0.289. The fourth-order valence-electron chi connectivity index (χ4n) is 2.34. The van der Waals surface area contributed by atoms with Crippen molar-refractivity contribution in [2.45, 2.75) is 44.7 Å². The number of amides is 2. The van der Waals surface area contributed by atoms with Gasteiger partial charge in [-0.15, -0.1) is 0 Å². The molecule has 1 aliphatic carbocycles. The van der Waals surface area contributed by atoms with Crippen molar-refractivity contribution in [1.82, 2.24) is 10.6 Å². The van der Waals surface area contributed by atoms with Gasteiger partial charge in [0.25, 0.3) is 0 Å². The van der Waals surface area contributed by atoms with Gasteiger partial charge in [0, 0.05) is 0 Å². The quantitative estimate of drug-likeness (QED) is 0.628. The van der Waals surface area contributed by atoms with Gasteiger partial charge >= 0.3 is 0 Å². The lowest BCUT2D eigenvalue weighted by molar-refractivity contribution is -0.137. The van der Waals surface area contributed by atoms with Crippen LogP contribution in [0.15, 0.2) is 0 Å². The van der Waals surface area contributed by atoms with E-state index >= 15 is 0 Å². The van der Waals surface area contributed by atoms with Crippen LogP contribution in [0.25, 0.3) is 0 Å². The van der Waals surface area contributed by atoms with Gasteiger partial charge in [-0.2, -0.15) is 0 Å². The van der Waals surface area contributed by atoms with Gasteiger partial charge in [-0.05, 0) is 25.7 Å². The fourth-order valence-corrected chi connectivity index (χ4v) is 2.34. The molecule has 2 N–H and O–H groups in total. The Balaban J connectivity index is 2.04. The van der Waals surface area contributed by atoms with Crippen molar-refractivity contribution in [3.63, 3.8) is 0 Å². The Labute approximate surface area is 83.4 Å². The summed E-state index contributed by atoms with van der Waals surface area (Å²) in [6, 6.07) is -0.652. The normalized spacial score (nSPS) is 34.1. The van der Waals surface area contributed by atoms with Gasteiger partial charge in [-0.25, -0.2) is 0 Å². The molecule has 4 heteroatoms. The highest BCUT2D eigenvalue weighted by Crippen LogP contribution is 2.28. The average molecular weight is 196 g/mol. The molecule has 1 heterocycles. The van der Waals surface area contributed by atoms with Crippen molar-refractivity contribution in [1.29, 1.82) is 0 Å². The van der Waals surface area contributed by atoms with E-state index in [1.165, 1.54) is 12.8 Å². The van der Waals surface area contributed by atoms with Crippen LogP contribution in [-0.4, -0.2) is 23.9 Å². The molecule has 0 aromatic heterocycles. The number of piperazine rings is 1. The van der Waals surface area contributed by atoms with Gasteiger partial charge in [-0.3, -0.25) is 9.59 Å². The molecule has 2 fully saturated rings. The third-order valence-electron chi connectivity index (χ3n) is 3.20. The molecule has 2 rings (SSSR count). The Morgan fingerprint density at radius 3 is 2.36 bits per heavy atom. The first-order valence-corrected chi connectivity index (χ1v) is 5.29. The van der Waals surface area contributed by atoms with E-state index in [4.69, 9.17) is 0 Å². The van der Waals surface area contributed by atoms with Crippen LogP contribution in [0.1, 0.15) is 32.6 Å². The summed E-state index contributed by atoms with van der Waals surface area (Å²) >= 11 is 0. The van der Waals surface area contributed by atoms with Gasteiger partial charge in [0.1, 0.15) is 12.1 Å². The summed E-state index contributed by atoms with van der Waals surface area (Å²) in [5, 5.41) is 5.51. The number of rotatable bonds is 1. The molecular weight excluding hydrogens is 180 g/mol. The van der Waals surface area contributed by atoms with Gasteiger partial charge in [0.15, 0.2) is 0 Å². The predicted octanol–water partition coefficient (Wildman–Crippen LogP) is 0.180. The van der Waals surface area contributed by atoms with Crippen molar-refractivity contribution in [2.24, 2.45) is 5.92 Å². The van der Waals surface area contributed by atoms with Crippen LogP contribution in [-0.2, 0) is 9.59 Å². The molecule has 0 aromatic rings. The Hall–Kier alpha value is -1.06. The van der Waals surface area contributed by atoms with E-state index in [2.05, 4.69) is 10.6 Å². The molecule has 1 saturated carbocycles. The smallest absolute Gasteiger partial charge is 0.243 e. The third kappa shape index (κ3) is 1.61. The summed E-state index contributed by atoms with van der Waals surface area (Å²) < 4.78 is 0. The first kappa shape index (κ1) is 9.49. The van der Waals surface area contributed by atoms with E-state index in [1.54, 1.807) is 6.92 Å². The van der Waals surface area contributed by atoms with Crippen LogP contribution in [0.4, 0.5) is 0 Å². The first-order chi connectivity index (χ1) is 6.68. The second kappa shape index (κ2) is 3.59. The molecule has 1 unspecified atom stereocenters. The summed E-state index contributed by atoms with van der Waals surface area (Å²) in [4.78, 5) is 23.0. The number of hydrogen-bond acceptors (Lipinski definition) is 2. The Morgan fingerprint density at radius 1 is 1.07 bits per heavy atom. The van der Waals surface area contributed by atoms with Crippen molar-refractivity contribution in [3.8, 4) is 0 Å². The van der Waals surface area contributed by atoms with E-state index in [1.807, 2.05) is 0 Å². The number of nitrogens with one attached hydrogen (secondary N) is 2. The lowest BCUT2D eigenvalue weighted by Gasteiger charge is -2.31. The molecule has 0 radical (unpaired) electrons. The SMILES string of the molecule is C[C@H]1NC(=O)C(C2CCCC2)NC1=O. The van der Waals surface area contributed by atoms with Crippen molar-refractivity contribution >= 4 is 11.8 Å². The molecule has 2 amide bonds. The molecule has 0 spiro atoms. The Bertz CT molecular complexity index is 259. The molecule has 2 atom stereocenters. The largest absolute Gasteiger partial charge is 0.343 e. The van der Waals surface area contributed by atoms with E-state index in [0.29, 0.717) is 5.92 Å². The first-order valence-electron chi connectivity index (χ1n) is 5.29. The van der Waals surface area contributed by atoms with Crippen LogP contribution in [0, 0.1) is 5.92 Å². The minimum Gasteiger partial charge on any atom is -0.343 e. The maximum Gasteiger partial charge on any atom is 0.243 e. The maximum atomic E-state index is 11.6. The second-order valence-corrected chi connectivity index (χ2v) is 4.26. The second-order valence-electron chi connectivity index (χ2n) is 4.26.